The Balaban J connectivity index is 4.16. The van der Waals surface area contributed by atoms with Crippen molar-refractivity contribution in [3.63, 3.8) is 0 Å². The molecule has 0 aromatic rings. The van der Waals surface area contributed by atoms with E-state index < -0.39 is 8.07 Å². The fourth-order valence-electron chi connectivity index (χ4n) is 1.11. The Morgan fingerprint density at radius 2 is 1.77 bits per heavy atom. The van der Waals surface area contributed by atoms with Crippen LogP contribution in [-0.4, -0.2) is 25.3 Å². The molecule has 78 valence electrons. The summed E-state index contributed by atoms with van der Waals surface area (Å²) in [7, 11) is -1.42. The van der Waals surface area contributed by atoms with Crippen molar-refractivity contribution in [1.29, 1.82) is 0 Å². The van der Waals surface area contributed by atoms with Gasteiger partial charge in [-0.1, -0.05) is 13.1 Å². The summed E-state index contributed by atoms with van der Waals surface area (Å²) in [5, 5.41) is 13.6. The highest BCUT2D eigenvalue weighted by atomic mass is 28.3. The Hall–Kier alpha value is 0.137. The fraction of sp³-hybridized carbons (Fsp3) is 0.900. The number of aliphatic hydroxyl groups excluding tert-OH is 1. The van der Waals surface area contributed by atoms with Gasteiger partial charge in [-0.25, -0.2) is 5.32 Å². The molecule has 0 atom stereocenters. The molecule has 0 aliphatic rings. The lowest BCUT2D eigenvalue weighted by Crippen LogP contribution is -2.45. The monoisotopic (exact) mass is 201 g/mol. The first-order chi connectivity index (χ1) is 5.69. The lowest BCUT2D eigenvalue weighted by Gasteiger charge is -2.33. The zero-order valence-corrected chi connectivity index (χ0v) is 10.8. The number of aliphatic hydroxyl groups is 1. The molecule has 0 heterocycles. The molecule has 0 amide bonds. The van der Waals surface area contributed by atoms with Crippen LogP contribution in [-0.2, 0) is 0 Å². The standard InChI is InChI=1S/C10H23NOSi/c1-9(11-10(2,3)4)13(5,6)8-7-12/h12H,7-8H2,1-6H3. The maximum atomic E-state index is 8.93. The summed E-state index contributed by atoms with van der Waals surface area (Å²) in [4.78, 5) is 0. The summed E-state index contributed by atoms with van der Waals surface area (Å²) in [5.41, 5.74) is 1.28. The van der Waals surface area contributed by atoms with Crippen molar-refractivity contribution in [3.05, 3.63) is 5.67 Å². The SMILES string of the molecule is C[C]([N]C(C)(C)C)[Si](C)(C)CCO. The van der Waals surface area contributed by atoms with E-state index in [0.29, 0.717) is 0 Å². The van der Waals surface area contributed by atoms with Crippen LogP contribution in [0.1, 0.15) is 27.7 Å². The van der Waals surface area contributed by atoms with E-state index in [1.165, 1.54) is 5.67 Å². The highest BCUT2D eigenvalue weighted by Crippen LogP contribution is 2.23. The second kappa shape index (κ2) is 4.58. The normalized spacial score (nSPS) is 13.8. The Morgan fingerprint density at radius 1 is 1.31 bits per heavy atom. The third-order valence-corrected chi connectivity index (χ3v) is 5.76. The highest BCUT2D eigenvalue weighted by molar-refractivity contribution is 6.82. The third kappa shape index (κ3) is 5.44. The van der Waals surface area contributed by atoms with E-state index in [1.807, 2.05) is 0 Å². The van der Waals surface area contributed by atoms with Crippen LogP contribution in [0.25, 0.3) is 0 Å². The summed E-state index contributed by atoms with van der Waals surface area (Å²) in [6.45, 7) is 13.2. The maximum Gasteiger partial charge on any atom is 0.0766 e. The predicted molar refractivity (Wildman–Crippen MR) is 60.2 cm³/mol. The van der Waals surface area contributed by atoms with Crippen LogP contribution in [0.15, 0.2) is 0 Å². The summed E-state index contributed by atoms with van der Waals surface area (Å²) in [6, 6.07) is 0.915. The zero-order chi connectivity index (χ0) is 10.7. The molecule has 0 saturated carbocycles. The molecule has 1 N–H and O–H groups in total. The van der Waals surface area contributed by atoms with Gasteiger partial charge in [0.1, 0.15) is 0 Å². The van der Waals surface area contributed by atoms with E-state index >= 15 is 0 Å². The van der Waals surface area contributed by atoms with Crippen molar-refractivity contribution in [2.75, 3.05) is 6.61 Å². The van der Waals surface area contributed by atoms with Gasteiger partial charge in [0.15, 0.2) is 0 Å². The van der Waals surface area contributed by atoms with Crippen molar-refractivity contribution in [3.8, 4) is 0 Å². The van der Waals surface area contributed by atoms with Crippen LogP contribution in [0, 0.1) is 5.67 Å². The molecule has 13 heavy (non-hydrogen) atoms. The van der Waals surface area contributed by atoms with Crippen LogP contribution in [0.2, 0.25) is 19.1 Å². The van der Waals surface area contributed by atoms with Crippen LogP contribution in [0.4, 0.5) is 0 Å². The van der Waals surface area contributed by atoms with Gasteiger partial charge in [0.2, 0.25) is 0 Å². The summed E-state index contributed by atoms with van der Waals surface area (Å²) < 4.78 is 0. The summed E-state index contributed by atoms with van der Waals surface area (Å²) >= 11 is 0. The average Bonchev–Trinajstić information content (AvgIpc) is 1.82. The van der Waals surface area contributed by atoms with Gasteiger partial charge in [-0.3, -0.25) is 0 Å². The van der Waals surface area contributed by atoms with Gasteiger partial charge >= 0.3 is 0 Å². The Bertz CT molecular complexity index is 151. The second-order valence-electron chi connectivity index (χ2n) is 5.23. The summed E-state index contributed by atoms with van der Waals surface area (Å²) in [6.07, 6.45) is 0. The lowest BCUT2D eigenvalue weighted by molar-refractivity contribution is 0.315. The van der Waals surface area contributed by atoms with E-state index in [0.717, 1.165) is 6.04 Å². The second-order valence-corrected chi connectivity index (χ2v) is 10.2. The van der Waals surface area contributed by atoms with Gasteiger partial charge in [-0.05, 0) is 33.7 Å². The number of nitrogens with zero attached hydrogens (tertiary/aromatic N) is 1. The minimum absolute atomic E-state index is 0.0177. The predicted octanol–water partition coefficient (Wildman–Crippen LogP) is 2.18. The highest BCUT2D eigenvalue weighted by Gasteiger charge is 2.31. The first kappa shape index (κ1) is 13.1. The topological polar surface area (TPSA) is 34.3 Å². The van der Waals surface area contributed by atoms with Gasteiger partial charge in [-0.2, -0.15) is 0 Å². The molecule has 0 aliphatic heterocycles. The van der Waals surface area contributed by atoms with Crippen molar-refractivity contribution >= 4 is 8.07 Å². The third-order valence-electron chi connectivity index (χ3n) is 2.22. The van der Waals surface area contributed by atoms with E-state index in [-0.39, 0.29) is 12.1 Å². The number of rotatable bonds is 4. The molecule has 0 aliphatic carbocycles. The molecule has 2 radical (unpaired) electrons. The first-order valence-electron chi connectivity index (χ1n) is 4.87. The number of hydrogen-bond donors (Lipinski definition) is 1. The molecule has 0 aromatic carbocycles. The van der Waals surface area contributed by atoms with Crippen LogP contribution < -0.4 is 5.32 Å². The van der Waals surface area contributed by atoms with Gasteiger partial charge < -0.3 is 5.11 Å². The Morgan fingerprint density at radius 3 is 2.08 bits per heavy atom. The molecule has 0 spiro atoms. The molecule has 0 fully saturated rings. The molecule has 2 nitrogen and oxygen atoms in total. The Labute approximate surface area is 83.7 Å². The molecule has 0 saturated heterocycles. The fourth-order valence-corrected chi connectivity index (χ4v) is 2.67. The quantitative estimate of drug-likeness (QED) is 0.695. The maximum absolute atomic E-state index is 8.93. The molecule has 3 heteroatoms. The molecule has 0 unspecified atom stereocenters. The average molecular weight is 201 g/mol. The van der Waals surface area contributed by atoms with Gasteiger partial charge in [-0.15, -0.1) is 0 Å². The van der Waals surface area contributed by atoms with Crippen molar-refractivity contribution in [1.82, 2.24) is 5.32 Å². The van der Waals surface area contributed by atoms with Gasteiger partial charge in [0.05, 0.1) is 8.07 Å². The first-order valence-corrected chi connectivity index (χ1v) is 8.07. The Kier molecular flexibility index (Phi) is 4.62. The minimum Gasteiger partial charge on any atom is -0.397 e. The molecular formula is C10H23NOSi. The molecule has 0 bridgehead atoms. The largest absolute Gasteiger partial charge is 0.397 e. The molecule has 0 rings (SSSR count). The van der Waals surface area contributed by atoms with E-state index in [2.05, 4.69) is 46.1 Å². The van der Waals surface area contributed by atoms with Gasteiger partial charge in [0, 0.05) is 17.8 Å². The smallest absolute Gasteiger partial charge is 0.0766 e. The van der Waals surface area contributed by atoms with Crippen molar-refractivity contribution in [2.24, 2.45) is 0 Å². The van der Waals surface area contributed by atoms with Crippen LogP contribution in [0.5, 0.6) is 0 Å². The van der Waals surface area contributed by atoms with Crippen LogP contribution >= 0.6 is 0 Å². The van der Waals surface area contributed by atoms with Crippen LogP contribution in [0.3, 0.4) is 0 Å². The van der Waals surface area contributed by atoms with Crippen molar-refractivity contribution < 1.29 is 5.11 Å². The van der Waals surface area contributed by atoms with E-state index in [1.54, 1.807) is 0 Å². The summed E-state index contributed by atoms with van der Waals surface area (Å²) in [5.74, 6) is 0. The molecular weight excluding hydrogens is 178 g/mol. The zero-order valence-electron chi connectivity index (χ0n) is 9.81. The number of hydrogen-bond acceptors (Lipinski definition) is 1. The lowest BCUT2D eigenvalue weighted by atomic mass is 10.1. The molecule has 0 aromatic heterocycles. The van der Waals surface area contributed by atoms with Gasteiger partial charge in [0.25, 0.3) is 0 Å². The van der Waals surface area contributed by atoms with Crippen molar-refractivity contribution in [2.45, 2.75) is 52.4 Å². The minimum atomic E-state index is -1.42. The van der Waals surface area contributed by atoms with E-state index in [9.17, 15) is 0 Å². The van der Waals surface area contributed by atoms with E-state index in [4.69, 9.17) is 5.11 Å².